The Labute approximate surface area is 91.6 Å². The molecule has 0 aliphatic rings. The third kappa shape index (κ3) is 2.27. The molecule has 2 aromatic rings. The molecular formula is C15H12. The van der Waals surface area contributed by atoms with E-state index in [4.69, 9.17) is 0 Å². The predicted molar refractivity (Wildman–Crippen MR) is 60.4 cm³/mol. The van der Waals surface area contributed by atoms with E-state index >= 15 is 0 Å². The maximum absolute atomic E-state index is 3.25. The van der Waals surface area contributed by atoms with Crippen LogP contribution in [-0.4, -0.2) is 0 Å². The van der Waals surface area contributed by atoms with Crippen LogP contribution in [0.1, 0.15) is 30.4 Å². The van der Waals surface area contributed by atoms with Crippen molar-refractivity contribution < 1.29 is 0 Å². The molecule has 0 aliphatic carbocycles. The molecule has 0 saturated carbocycles. The van der Waals surface area contributed by atoms with Crippen molar-refractivity contribution in [1.82, 2.24) is 0 Å². The van der Waals surface area contributed by atoms with E-state index in [9.17, 15) is 0 Å². The maximum Gasteiger partial charge on any atom is 0.00994 e. The third-order valence-electron chi connectivity index (χ3n) is 2.50. The Morgan fingerprint density at radius 2 is 1.47 bits per heavy atom. The molecule has 2 rings (SSSR count). The normalized spacial score (nSPS) is 10.5. The minimum Gasteiger partial charge on any atom is -0.0645 e. The van der Waals surface area contributed by atoms with E-state index in [1.807, 2.05) is 36.4 Å². The number of rotatable bonds is 3. The first kappa shape index (κ1) is 9.97. The lowest BCUT2D eigenvalue weighted by atomic mass is 9.89. The Hall–Kier alpha value is -1.56. The van der Waals surface area contributed by atoms with Gasteiger partial charge >= 0.3 is 0 Å². The van der Waals surface area contributed by atoms with Gasteiger partial charge in [-0.25, -0.2) is 0 Å². The van der Waals surface area contributed by atoms with Crippen LogP contribution in [-0.2, 0) is 0 Å². The first-order valence-corrected chi connectivity index (χ1v) is 5.17. The van der Waals surface area contributed by atoms with E-state index in [1.165, 1.54) is 11.1 Å². The van der Waals surface area contributed by atoms with E-state index in [0.717, 1.165) is 6.42 Å². The van der Waals surface area contributed by atoms with Crippen molar-refractivity contribution in [3.8, 4) is 0 Å². The smallest absolute Gasteiger partial charge is 0.00994 e. The summed E-state index contributed by atoms with van der Waals surface area (Å²) in [5, 5.41) is 0. The standard InChI is InChI=1S/C15H12/c1-2-15(13-9-5-3-6-10-13)14-11-7-4-8-12-14/h3-5,7,10,12,15H,2H2,1H3. The van der Waals surface area contributed by atoms with Gasteiger partial charge in [-0.15, -0.1) is 0 Å². The molecule has 0 N–H and O–H groups in total. The van der Waals surface area contributed by atoms with Gasteiger partial charge in [0.05, 0.1) is 0 Å². The highest BCUT2D eigenvalue weighted by Crippen LogP contribution is 2.26. The molecule has 0 fully saturated rings. The molecule has 0 atom stereocenters. The summed E-state index contributed by atoms with van der Waals surface area (Å²) < 4.78 is 0. The van der Waals surface area contributed by atoms with Crippen LogP contribution in [0.4, 0.5) is 0 Å². The van der Waals surface area contributed by atoms with Crippen molar-refractivity contribution in [2.24, 2.45) is 0 Å². The number of hydrogen-bond donors (Lipinski definition) is 0. The van der Waals surface area contributed by atoms with Gasteiger partial charge in [-0.05, 0) is 53.9 Å². The SMILES string of the molecule is CCC(c1[c]cc[c]c1)c1[c]cc[c]c1. The topological polar surface area (TPSA) is 0 Å². The van der Waals surface area contributed by atoms with Crippen LogP contribution in [0.2, 0.25) is 0 Å². The Bertz CT molecular complexity index is 349. The molecule has 2 aromatic carbocycles. The van der Waals surface area contributed by atoms with Gasteiger partial charge in [0.15, 0.2) is 0 Å². The molecule has 0 unspecified atom stereocenters. The van der Waals surface area contributed by atoms with Crippen molar-refractivity contribution in [3.05, 3.63) is 71.8 Å². The zero-order chi connectivity index (χ0) is 10.5. The van der Waals surface area contributed by atoms with Crippen molar-refractivity contribution in [1.29, 1.82) is 0 Å². The van der Waals surface area contributed by atoms with Crippen LogP contribution in [0, 0.1) is 24.3 Å². The summed E-state index contributed by atoms with van der Waals surface area (Å²) in [5.41, 5.74) is 2.35. The van der Waals surface area contributed by atoms with Gasteiger partial charge in [-0.3, -0.25) is 0 Å². The molecule has 0 amide bonds. The van der Waals surface area contributed by atoms with Gasteiger partial charge in [0.1, 0.15) is 0 Å². The lowest BCUT2D eigenvalue weighted by molar-refractivity contribution is 0.774. The summed E-state index contributed by atoms with van der Waals surface area (Å²) in [6.45, 7) is 2.17. The average Bonchev–Trinajstić information content (AvgIpc) is 2.33. The first-order chi connectivity index (χ1) is 7.42. The molecule has 0 bridgehead atoms. The molecule has 0 heteroatoms. The van der Waals surface area contributed by atoms with Gasteiger partial charge in [0, 0.05) is 5.92 Å². The summed E-state index contributed by atoms with van der Waals surface area (Å²) >= 11 is 0. The van der Waals surface area contributed by atoms with Crippen molar-refractivity contribution in [2.75, 3.05) is 0 Å². The molecule has 72 valence electrons. The molecule has 4 radical (unpaired) electrons. The minimum absolute atomic E-state index is 0.361. The highest BCUT2D eigenvalue weighted by Gasteiger charge is 2.10. The van der Waals surface area contributed by atoms with Crippen LogP contribution in [0.5, 0.6) is 0 Å². The van der Waals surface area contributed by atoms with Crippen LogP contribution >= 0.6 is 0 Å². The van der Waals surface area contributed by atoms with E-state index < -0.39 is 0 Å². The fourth-order valence-corrected chi connectivity index (χ4v) is 1.74. The zero-order valence-electron chi connectivity index (χ0n) is 8.75. The Balaban J connectivity index is 2.34. The van der Waals surface area contributed by atoms with E-state index in [-0.39, 0.29) is 0 Å². The highest BCUT2D eigenvalue weighted by atomic mass is 14.1. The quantitative estimate of drug-likeness (QED) is 0.699. The van der Waals surface area contributed by atoms with Gasteiger partial charge in [0.2, 0.25) is 0 Å². The Morgan fingerprint density at radius 3 is 1.80 bits per heavy atom. The Kier molecular flexibility index (Phi) is 3.18. The van der Waals surface area contributed by atoms with E-state index in [1.54, 1.807) is 0 Å². The predicted octanol–water partition coefficient (Wildman–Crippen LogP) is 3.43. The Morgan fingerprint density at radius 1 is 0.933 bits per heavy atom. The fourth-order valence-electron chi connectivity index (χ4n) is 1.74. The van der Waals surface area contributed by atoms with Crippen molar-refractivity contribution in [3.63, 3.8) is 0 Å². The third-order valence-corrected chi connectivity index (χ3v) is 2.50. The largest absolute Gasteiger partial charge is 0.0645 e. The van der Waals surface area contributed by atoms with Gasteiger partial charge in [-0.2, -0.15) is 0 Å². The van der Waals surface area contributed by atoms with Crippen LogP contribution in [0.15, 0.2) is 36.4 Å². The second-order valence-electron chi connectivity index (χ2n) is 3.45. The van der Waals surface area contributed by atoms with Crippen molar-refractivity contribution in [2.45, 2.75) is 19.3 Å². The van der Waals surface area contributed by atoms with Gasteiger partial charge < -0.3 is 0 Å². The van der Waals surface area contributed by atoms with Crippen LogP contribution in [0.3, 0.4) is 0 Å². The molecule has 15 heavy (non-hydrogen) atoms. The van der Waals surface area contributed by atoms with Crippen LogP contribution < -0.4 is 0 Å². The average molecular weight is 192 g/mol. The molecule has 0 nitrogen and oxygen atoms in total. The summed E-state index contributed by atoms with van der Waals surface area (Å²) in [5.74, 6) is 0.361. The maximum atomic E-state index is 3.25. The van der Waals surface area contributed by atoms with Gasteiger partial charge in [-0.1, -0.05) is 31.2 Å². The summed E-state index contributed by atoms with van der Waals surface area (Å²) in [6, 6.07) is 24.2. The molecule has 0 spiro atoms. The van der Waals surface area contributed by atoms with Gasteiger partial charge in [0.25, 0.3) is 0 Å². The summed E-state index contributed by atoms with van der Waals surface area (Å²) in [4.78, 5) is 0. The monoisotopic (exact) mass is 192 g/mol. The molecular weight excluding hydrogens is 180 g/mol. The van der Waals surface area contributed by atoms with Crippen LogP contribution in [0.25, 0.3) is 0 Å². The molecule has 0 aliphatic heterocycles. The molecule has 0 saturated heterocycles. The summed E-state index contributed by atoms with van der Waals surface area (Å²) in [7, 11) is 0. The van der Waals surface area contributed by atoms with E-state index in [2.05, 4.69) is 31.2 Å². The fraction of sp³-hybridized carbons (Fsp3) is 0.200. The summed E-state index contributed by atoms with van der Waals surface area (Å²) in [6.07, 6.45) is 1.04. The second kappa shape index (κ2) is 4.79. The number of hydrogen-bond acceptors (Lipinski definition) is 0. The van der Waals surface area contributed by atoms with E-state index in [0.29, 0.717) is 5.92 Å². The first-order valence-electron chi connectivity index (χ1n) is 5.17. The lowest BCUT2D eigenvalue weighted by Gasteiger charge is -2.14. The van der Waals surface area contributed by atoms with Crippen molar-refractivity contribution >= 4 is 0 Å². The molecule has 0 aromatic heterocycles. The lowest BCUT2D eigenvalue weighted by Crippen LogP contribution is -1.99. The second-order valence-corrected chi connectivity index (χ2v) is 3.45. The minimum atomic E-state index is 0.361. The molecule has 0 heterocycles. The zero-order valence-corrected chi connectivity index (χ0v) is 8.75. The highest BCUT2D eigenvalue weighted by molar-refractivity contribution is 5.29. The number of benzene rings is 2.